The number of hydrogen-bond acceptors (Lipinski definition) is 4. The quantitative estimate of drug-likeness (QED) is 0.365. The third-order valence-electron chi connectivity index (χ3n) is 2.43. The molecule has 5 nitrogen and oxygen atoms in total. The molecule has 0 saturated heterocycles. The zero-order chi connectivity index (χ0) is 18.7. The molecule has 0 aliphatic rings. The van der Waals surface area contributed by atoms with Crippen molar-refractivity contribution in [1.29, 1.82) is 0 Å². The molecule has 0 aromatic heterocycles. The van der Waals surface area contributed by atoms with E-state index < -0.39 is 49.3 Å². The Kier molecular flexibility index (Phi) is 6.69. The van der Waals surface area contributed by atoms with Crippen LogP contribution in [0.3, 0.4) is 0 Å². The highest BCUT2D eigenvalue weighted by molar-refractivity contribution is 5.72. The van der Waals surface area contributed by atoms with Crippen molar-refractivity contribution in [3.05, 3.63) is 0 Å². The van der Waals surface area contributed by atoms with Crippen molar-refractivity contribution in [2.24, 2.45) is 0 Å². The van der Waals surface area contributed by atoms with Crippen molar-refractivity contribution >= 4 is 5.97 Å². The Bertz CT molecular complexity index is 369. The number of carboxylic acids is 1. The molecule has 23 heavy (non-hydrogen) atoms. The summed E-state index contributed by atoms with van der Waals surface area (Å²) in [5, 5.41) is 8.41. The Morgan fingerprint density at radius 1 is 1.00 bits per heavy atom. The van der Waals surface area contributed by atoms with Crippen LogP contribution < -0.4 is 10.9 Å². The molecule has 0 spiro atoms. The fourth-order valence-electron chi connectivity index (χ4n) is 1.27. The molecular weight excluding hydrogens is 355 g/mol. The number of carboxylic acid groups (broad SMARTS) is 1. The van der Waals surface area contributed by atoms with Crippen LogP contribution >= 0.6 is 0 Å². The second-order valence-electron chi connectivity index (χ2n) is 4.15. The number of hydrazine groups is 1. The molecule has 3 N–H and O–H groups in total. The smallest absolute Gasteiger partial charge is 0.435 e. The molecule has 0 unspecified atom stereocenters. The first-order chi connectivity index (χ1) is 10.1. The molecule has 0 bridgehead atoms. The second kappa shape index (κ2) is 7.09. The summed E-state index contributed by atoms with van der Waals surface area (Å²) >= 11 is 0. The van der Waals surface area contributed by atoms with Crippen LogP contribution in [0, 0.1) is 0 Å². The molecule has 0 aromatic carbocycles. The molecule has 1 atom stereocenters. The lowest BCUT2D eigenvalue weighted by Crippen LogP contribution is -2.68. The molecule has 14 heteroatoms. The highest BCUT2D eigenvalue weighted by Crippen LogP contribution is 2.54. The van der Waals surface area contributed by atoms with Gasteiger partial charge in [-0.15, -0.1) is 0 Å². The minimum absolute atomic E-state index is 0.957. The minimum atomic E-state index is -6.80. The van der Waals surface area contributed by atoms with E-state index in [0.717, 1.165) is 6.92 Å². The van der Waals surface area contributed by atoms with Gasteiger partial charge >= 0.3 is 30.1 Å². The van der Waals surface area contributed by atoms with Crippen molar-refractivity contribution in [3.8, 4) is 0 Å². The predicted molar refractivity (Wildman–Crippen MR) is 55.1 cm³/mol. The summed E-state index contributed by atoms with van der Waals surface area (Å²) in [5.41, 5.74) is -2.59. The van der Waals surface area contributed by atoms with Gasteiger partial charge in [0.25, 0.3) is 0 Å². The number of ether oxygens (including phenoxy) is 1. The monoisotopic (exact) mass is 366 g/mol. The number of nitrogens with one attached hydrogen (secondary N) is 2. The van der Waals surface area contributed by atoms with Crippen LogP contribution in [0.15, 0.2) is 0 Å². The first-order valence-electron chi connectivity index (χ1n) is 5.63. The molecular formula is C9H11F9N2O3. The maximum absolute atomic E-state index is 12.4. The molecule has 0 saturated carbocycles. The summed E-state index contributed by atoms with van der Waals surface area (Å²) in [5.74, 6) is -1.42. The van der Waals surface area contributed by atoms with Crippen LogP contribution in [0.5, 0.6) is 0 Å². The largest absolute Gasteiger partial charge is 0.480 e. The molecule has 0 heterocycles. The van der Waals surface area contributed by atoms with Crippen molar-refractivity contribution in [3.63, 3.8) is 0 Å². The van der Waals surface area contributed by atoms with Crippen molar-refractivity contribution in [2.45, 2.75) is 37.1 Å². The number of alkyl halides is 9. The first-order valence-corrected chi connectivity index (χ1v) is 5.63. The van der Waals surface area contributed by atoms with E-state index >= 15 is 0 Å². The molecule has 0 aromatic rings. The molecule has 138 valence electrons. The summed E-state index contributed by atoms with van der Waals surface area (Å²) < 4.78 is 115. The minimum Gasteiger partial charge on any atom is -0.480 e. The fraction of sp³-hybridized carbons (Fsp3) is 0.889. The number of carbonyl (C=O) groups is 1. The number of aliphatic carboxylic acids is 1. The summed E-state index contributed by atoms with van der Waals surface area (Å²) in [6.07, 6.45) is -20.4. The Morgan fingerprint density at radius 3 is 1.70 bits per heavy atom. The SMILES string of the molecule is C[C@H](NNCCOC(C(F)(F)F)(C(F)(F)F)C(F)(F)F)C(=O)O. The number of halogens is 9. The summed E-state index contributed by atoms with van der Waals surface area (Å²) in [6, 6.07) is -1.30. The van der Waals surface area contributed by atoms with E-state index in [2.05, 4.69) is 4.74 Å². The van der Waals surface area contributed by atoms with E-state index in [1.807, 2.05) is 10.9 Å². The zero-order valence-corrected chi connectivity index (χ0v) is 11.2. The average molecular weight is 366 g/mol. The van der Waals surface area contributed by atoms with Gasteiger partial charge < -0.3 is 9.84 Å². The van der Waals surface area contributed by atoms with Crippen LogP contribution in [0.2, 0.25) is 0 Å². The third-order valence-corrected chi connectivity index (χ3v) is 2.43. The van der Waals surface area contributed by atoms with Gasteiger partial charge in [-0.05, 0) is 6.92 Å². The average Bonchev–Trinajstić information content (AvgIpc) is 2.27. The summed E-state index contributed by atoms with van der Waals surface area (Å²) in [6.45, 7) is -1.55. The van der Waals surface area contributed by atoms with Crippen LogP contribution in [-0.2, 0) is 9.53 Å². The van der Waals surface area contributed by atoms with Gasteiger partial charge in [0.1, 0.15) is 6.04 Å². The van der Waals surface area contributed by atoms with Crippen LogP contribution in [0.4, 0.5) is 39.5 Å². The van der Waals surface area contributed by atoms with E-state index in [1.165, 1.54) is 0 Å². The number of hydrogen-bond donors (Lipinski definition) is 3. The maximum atomic E-state index is 12.4. The van der Waals surface area contributed by atoms with E-state index in [9.17, 15) is 44.3 Å². The first kappa shape index (κ1) is 21.7. The normalized spacial score (nSPS) is 15.6. The van der Waals surface area contributed by atoms with Gasteiger partial charge in [0.05, 0.1) is 6.61 Å². The van der Waals surface area contributed by atoms with Gasteiger partial charge in [-0.3, -0.25) is 10.2 Å². The third kappa shape index (κ3) is 4.84. The van der Waals surface area contributed by atoms with Gasteiger partial charge in [-0.1, -0.05) is 0 Å². The van der Waals surface area contributed by atoms with E-state index in [4.69, 9.17) is 5.11 Å². The Morgan fingerprint density at radius 2 is 1.39 bits per heavy atom. The lowest BCUT2D eigenvalue weighted by molar-refractivity contribution is -0.457. The van der Waals surface area contributed by atoms with Crippen LogP contribution in [-0.4, -0.2) is 54.4 Å². The van der Waals surface area contributed by atoms with E-state index in [0.29, 0.717) is 0 Å². The Hall–Kier alpha value is -1.28. The molecule has 0 aliphatic heterocycles. The summed E-state index contributed by atoms with van der Waals surface area (Å²) in [7, 11) is 0. The second-order valence-corrected chi connectivity index (χ2v) is 4.15. The molecule has 0 rings (SSSR count). The molecule has 0 radical (unpaired) electrons. The molecule has 0 aliphatic carbocycles. The van der Waals surface area contributed by atoms with Gasteiger partial charge in [0.2, 0.25) is 0 Å². The van der Waals surface area contributed by atoms with Crippen LogP contribution in [0.25, 0.3) is 0 Å². The molecule has 0 amide bonds. The highest BCUT2D eigenvalue weighted by atomic mass is 19.4. The maximum Gasteiger partial charge on any atom is 0.435 e. The van der Waals surface area contributed by atoms with Crippen molar-refractivity contribution < 1.29 is 54.2 Å². The van der Waals surface area contributed by atoms with Crippen molar-refractivity contribution in [1.82, 2.24) is 10.9 Å². The van der Waals surface area contributed by atoms with Crippen molar-refractivity contribution in [2.75, 3.05) is 13.2 Å². The lowest BCUT2D eigenvalue weighted by atomic mass is 10.0. The highest BCUT2D eigenvalue weighted by Gasteiger charge is 2.85. The molecule has 0 fully saturated rings. The summed E-state index contributed by atoms with van der Waals surface area (Å²) in [4.78, 5) is 10.3. The Balaban J connectivity index is 5.05. The van der Waals surface area contributed by atoms with E-state index in [1.54, 1.807) is 0 Å². The van der Waals surface area contributed by atoms with Crippen LogP contribution in [0.1, 0.15) is 6.92 Å². The van der Waals surface area contributed by atoms with Gasteiger partial charge in [0, 0.05) is 6.54 Å². The van der Waals surface area contributed by atoms with Gasteiger partial charge in [-0.25, -0.2) is 5.43 Å². The topological polar surface area (TPSA) is 70.6 Å². The number of rotatable bonds is 7. The predicted octanol–water partition coefficient (Wildman–Crippen LogP) is 2.00. The van der Waals surface area contributed by atoms with E-state index in [-0.39, 0.29) is 0 Å². The van der Waals surface area contributed by atoms with Gasteiger partial charge in [0.15, 0.2) is 0 Å². The fourth-order valence-corrected chi connectivity index (χ4v) is 1.27. The zero-order valence-electron chi connectivity index (χ0n) is 11.2. The van der Waals surface area contributed by atoms with Gasteiger partial charge in [-0.2, -0.15) is 39.5 Å². The standard InChI is InChI=1S/C9H11F9N2O3/c1-4(5(21)22)20-19-2-3-23-6(7(10,11)12,8(13,14)15)9(16,17)18/h4,19-20H,2-3H2,1H3,(H,21,22)/t4-/m0/s1. The Labute approximate surface area is 122 Å². The lowest BCUT2D eigenvalue weighted by Gasteiger charge is -2.38.